The highest BCUT2D eigenvalue weighted by Crippen LogP contribution is 2.64. The van der Waals surface area contributed by atoms with Crippen LogP contribution in [0.15, 0.2) is 52.3 Å². The van der Waals surface area contributed by atoms with E-state index >= 15 is 0 Å². The zero-order valence-corrected chi connectivity index (χ0v) is 22.9. The second-order valence-electron chi connectivity index (χ2n) is 10.3. The van der Waals surface area contributed by atoms with Crippen LogP contribution in [0.25, 0.3) is 0 Å². The average Bonchev–Trinajstić information content (AvgIpc) is 3.61. The highest BCUT2D eigenvalue weighted by Gasteiger charge is 2.55. The lowest BCUT2D eigenvalue weighted by molar-refractivity contribution is -0.137. The van der Waals surface area contributed by atoms with E-state index in [-0.39, 0.29) is 23.0 Å². The Morgan fingerprint density at radius 2 is 1.82 bits per heavy atom. The number of aromatic nitrogens is 1. The molecule has 11 heteroatoms. The van der Waals surface area contributed by atoms with Crippen LogP contribution in [-0.4, -0.2) is 29.9 Å². The zero-order valence-electron chi connectivity index (χ0n) is 21.3. The number of rotatable bonds is 6. The number of carbonyl (C=O) groups is 1. The lowest BCUT2D eigenvalue weighted by Gasteiger charge is -2.40. The monoisotopic (exact) mass is 576 g/mol. The molecule has 2 bridgehead atoms. The Kier molecular flexibility index (Phi) is 6.69. The van der Waals surface area contributed by atoms with Crippen LogP contribution < -0.4 is 19.7 Å². The molecule has 5 unspecified atom stereocenters. The molecule has 3 aliphatic rings. The van der Waals surface area contributed by atoms with Gasteiger partial charge in [0.1, 0.15) is 6.54 Å². The fourth-order valence-electron chi connectivity index (χ4n) is 6.68. The number of ether oxygens (including phenoxy) is 2. The second-order valence-corrected chi connectivity index (χ2v) is 12.5. The summed E-state index contributed by atoms with van der Waals surface area (Å²) in [6.07, 6.45) is -1.14. The van der Waals surface area contributed by atoms with Crippen molar-refractivity contribution in [3.8, 4) is 11.5 Å². The number of nitrogens with zero attached hydrogens (tertiary/aromatic N) is 1. The summed E-state index contributed by atoms with van der Waals surface area (Å²) >= 11 is 2.80. The summed E-state index contributed by atoms with van der Waals surface area (Å²) in [5, 5.41) is 3.44. The van der Waals surface area contributed by atoms with E-state index < -0.39 is 17.6 Å². The molecule has 1 aliphatic heterocycles. The maximum atomic E-state index is 13.4. The van der Waals surface area contributed by atoms with Crippen LogP contribution in [0.5, 0.6) is 11.5 Å². The van der Waals surface area contributed by atoms with Crippen LogP contribution in [-0.2, 0) is 17.5 Å². The molecule has 39 heavy (non-hydrogen) atoms. The molecule has 1 amide bonds. The van der Waals surface area contributed by atoms with E-state index in [0.717, 1.165) is 45.7 Å². The zero-order chi connectivity index (χ0) is 27.5. The molecule has 206 valence electrons. The third-order valence-corrected chi connectivity index (χ3v) is 11.1. The van der Waals surface area contributed by atoms with Crippen LogP contribution >= 0.6 is 23.1 Å². The standard InChI is InChI=1S/C28H27F3N2O4S2/c1-36-19-10-9-15(12-20(19)37-2)23-22-14-7-8-16(11-14)24(22)38-26-25(23)39-27(35)33(26)13-21(34)32-18-6-4-3-5-17(18)28(29,30)31/h3-6,9-10,12,14,16,22-24H,7-8,11,13H2,1-2H3,(H,32,34). The second kappa shape index (κ2) is 9.92. The first-order valence-electron chi connectivity index (χ1n) is 12.8. The number of alkyl halides is 3. The number of halogens is 3. The minimum absolute atomic E-state index is 0.0330. The van der Waals surface area contributed by atoms with Gasteiger partial charge in [-0.3, -0.25) is 14.2 Å². The molecule has 1 N–H and O–H groups in total. The van der Waals surface area contributed by atoms with E-state index in [9.17, 15) is 22.8 Å². The van der Waals surface area contributed by atoms with Gasteiger partial charge in [-0.25, -0.2) is 0 Å². The fraction of sp³-hybridized carbons (Fsp3) is 0.429. The SMILES string of the molecule is COc1ccc(C2c3sc(=O)n(CC(=O)Nc4ccccc4C(F)(F)F)c3SC3C4CCC(C4)C23)cc1OC. The number of thiazole rings is 1. The van der Waals surface area contributed by atoms with E-state index in [1.165, 1.54) is 29.2 Å². The lowest BCUT2D eigenvalue weighted by Crippen LogP contribution is -2.35. The number of amides is 1. The minimum atomic E-state index is -4.61. The van der Waals surface area contributed by atoms with Crippen molar-refractivity contribution in [2.75, 3.05) is 19.5 Å². The van der Waals surface area contributed by atoms with Gasteiger partial charge in [-0.05, 0) is 66.8 Å². The van der Waals surface area contributed by atoms with Gasteiger partial charge in [-0.2, -0.15) is 13.2 Å². The molecule has 2 saturated carbocycles. The third-order valence-electron chi connectivity index (χ3n) is 8.27. The number of carbonyl (C=O) groups excluding carboxylic acids is 1. The summed E-state index contributed by atoms with van der Waals surface area (Å²) in [7, 11) is 3.18. The molecule has 2 aromatic carbocycles. The van der Waals surface area contributed by atoms with E-state index in [1.807, 2.05) is 18.2 Å². The maximum absolute atomic E-state index is 13.4. The normalized spacial score (nSPS) is 25.2. The number of nitrogens with one attached hydrogen (secondary N) is 1. The Morgan fingerprint density at radius 1 is 1.08 bits per heavy atom. The molecule has 5 atom stereocenters. The topological polar surface area (TPSA) is 69.6 Å². The Labute approximate surface area is 231 Å². The molecule has 0 radical (unpaired) electrons. The van der Waals surface area contributed by atoms with Crippen molar-refractivity contribution in [1.29, 1.82) is 0 Å². The number of para-hydroxylation sites is 1. The Morgan fingerprint density at radius 3 is 2.56 bits per heavy atom. The van der Waals surface area contributed by atoms with Gasteiger partial charge in [-0.15, -0.1) is 11.8 Å². The van der Waals surface area contributed by atoms with Crippen LogP contribution in [0.2, 0.25) is 0 Å². The molecule has 0 saturated heterocycles. The molecule has 1 aromatic heterocycles. The first-order valence-corrected chi connectivity index (χ1v) is 14.5. The molecular formula is C28H27F3N2O4S2. The molecule has 2 fully saturated rings. The van der Waals surface area contributed by atoms with Crippen molar-refractivity contribution < 1.29 is 27.4 Å². The quantitative estimate of drug-likeness (QED) is 0.377. The largest absolute Gasteiger partial charge is 0.493 e. The first kappa shape index (κ1) is 26.3. The van der Waals surface area contributed by atoms with E-state index in [1.54, 1.807) is 26.0 Å². The number of benzene rings is 2. The number of fused-ring (bicyclic) bond motifs is 6. The van der Waals surface area contributed by atoms with Crippen molar-refractivity contribution in [1.82, 2.24) is 4.57 Å². The van der Waals surface area contributed by atoms with Crippen molar-refractivity contribution in [3.63, 3.8) is 0 Å². The molecule has 6 rings (SSSR count). The van der Waals surface area contributed by atoms with Crippen molar-refractivity contribution in [3.05, 3.63) is 68.1 Å². The van der Waals surface area contributed by atoms with Gasteiger partial charge in [-0.1, -0.05) is 29.5 Å². The Hall–Kier alpha value is -2.92. The summed E-state index contributed by atoms with van der Waals surface area (Å²) < 4.78 is 52.8. The predicted molar refractivity (Wildman–Crippen MR) is 144 cm³/mol. The molecule has 0 spiro atoms. The molecule has 6 nitrogen and oxygen atoms in total. The summed E-state index contributed by atoms with van der Waals surface area (Å²) in [5.74, 6) is 1.99. The van der Waals surface area contributed by atoms with Crippen molar-refractivity contribution in [2.45, 2.75) is 48.2 Å². The smallest absolute Gasteiger partial charge is 0.418 e. The van der Waals surface area contributed by atoms with Crippen LogP contribution in [0.3, 0.4) is 0 Å². The summed E-state index contributed by atoms with van der Waals surface area (Å²) in [5.41, 5.74) is -0.212. The van der Waals surface area contributed by atoms with Crippen LogP contribution in [0.1, 0.15) is 41.2 Å². The highest BCUT2D eigenvalue weighted by atomic mass is 32.2. The fourth-order valence-corrected chi connectivity index (χ4v) is 9.83. The van der Waals surface area contributed by atoms with Gasteiger partial charge in [0, 0.05) is 16.0 Å². The molecular weight excluding hydrogens is 549 g/mol. The number of anilines is 1. The van der Waals surface area contributed by atoms with Gasteiger partial charge in [0.2, 0.25) is 5.91 Å². The van der Waals surface area contributed by atoms with E-state index in [0.29, 0.717) is 34.5 Å². The lowest BCUT2D eigenvalue weighted by atomic mass is 9.75. The first-order chi connectivity index (χ1) is 18.7. The van der Waals surface area contributed by atoms with Crippen molar-refractivity contribution in [2.24, 2.45) is 17.8 Å². The number of methoxy groups -OCH3 is 2. The molecule has 2 heterocycles. The van der Waals surface area contributed by atoms with E-state index in [2.05, 4.69) is 5.32 Å². The average molecular weight is 577 g/mol. The van der Waals surface area contributed by atoms with Crippen LogP contribution in [0.4, 0.5) is 18.9 Å². The number of hydrogen-bond donors (Lipinski definition) is 1. The summed E-state index contributed by atoms with van der Waals surface area (Å²) in [6, 6.07) is 10.7. The highest BCUT2D eigenvalue weighted by molar-refractivity contribution is 8.00. The molecule has 3 aromatic rings. The van der Waals surface area contributed by atoms with E-state index in [4.69, 9.17) is 9.47 Å². The maximum Gasteiger partial charge on any atom is 0.418 e. The van der Waals surface area contributed by atoms with Gasteiger partial charge in [0.05, 0.1) is 30.5 Å². The van der Waals surface area contributed by atoms with Gasteiger partial charge in [0.15, 0.2) is 11.5 Å². The predicted octanol–water partition coefficient (Wildman–Crippen LogP) is 6.24. The third kappa shape index (κ3) is 4.53. The molecule has 2 aliphatic carbocycles. The van der Waals surface area contributed by atoms with Crippen molar-refractivity contribution >= 4 is 34.7 Å². The van der Waals surface area contributed by atoms with Gasteiger partial charge < -0.3 is 14.8 Å². The Balaban J connectivity index is 1.37. The number of thioether (sulfide) groups is 1. The Bertz CT molecular complexity index is 1480. The number of hydrogen-bond acceptors (Lipinski definition) is 6. The summed E-state index contributed by atoms with van der Waals surface area (Å²) in [6.45, 7) is -0.353. The minimum Gasteiger partial charge on any atom is -0.493 e. The van der Waals surface area contributed by atoms with Gasteiger partial charge >= 0.3 is 11.0 Å². The summed E-state index contributed by atoms with van der Waals surface area (Å²) in [4.78, 5) is 26.9. The van der Waals surface area contributed by atoms with Gasteiger partial charge in [0.25, 0.3) is 0 Å². The van der Waals surface area contributed by atoms with Crippen LogP contribution in [0, 0.1) is 17.8 Å².